The van der Waals surface area contributed by atoms with Crippen molar-refractivity contribution in [2.24, 2.45) is 0 Å². The first-order valence-electron chi connectivity index (χ1n) is 8.01. The number of aromatic carboxylic acids is 1. The van der Waals surface area contributed by atoms with Gasteiger partial charge in [0.1, 0.15) is 11.1 Å². The number of carboxylic acids is 1. The van der Waals surface area contributed by atoms with E-state index in [-0.39, 0.29) is 24.1 Å². The molecule has 1 aliphatic rings. The highest BCUT2D eigenvalue weighted by Crippen LogP contribution is 2.16. The number of anilines is 1. The molecular weight excluding hydrogens is 358 g/mol. The number of aromatic nitrogens is 1. The molecule has 0 spiro atoms. The molecule has 2 aromatic rings. The van der Waals surface area contributed by atoms with Crippen LogP contribution >= 0.6 is 11.3 Å². The Balaban J connectivity index is 1.58. The summed E-state index contributed by atoms with van der Waals surface area (Å²) in [7, 11) is 0. The number of thiazole rings is 1. The van der Waals surface area contributed by atoms with Crippen molar-refractivity contribution in [3.8, 4) is 0 Å². The summed E-state index contributed by atoms with van der Waals surface area (Å²) < 4.78 is 5.33. The highest BCUT2D eigenvalue weighted by atomic mass is 32.1. The molecule has 0 aliphatic carbocycles. The molecular formula is C17H17N3O5S. The van der Waals surface area contributed by atoms with Gasteiger partial charge in [0.15, 0.2) is 5.69 Å². The molecule has 3 rings (SSSR count). The van der Waals surface area contributed by atoms with Crippen LogP contribution in [0.15, 0.2) is 29.6 Å². The second kappa shape index (κ2) is 8.07. The number of carbonyl (C=O) groups excluding carboxylic acids is 2. The van der Waals surface area contributed by atoms with Crippen molar-refractivity contribution in [3.63, 3.8) is 0 Å². The molecule has 2 heterocycles. The fourth-order valence-electron chi connectivity index (χ4n) is 2.49. The van der Waals surface area contributed by atoms with Gasteiger partial charge in [-0.15, -0.1) is 11.3 Å². The van der Waals surface area contributed by atoms with Gasteiger partial charge in [0, 0.05) is 23.2 Å². The first-order valence-corrected chi connectivity index (χ1v) is 8.89. The molecule has 1 aromatic carbocycles. The van der Waals surface area contributed by atoms with Gasteiger partial charge >= 0.3 is 5.97 Å². The van der Waals surface area contributed by atoms with Crippen LogP contribution in [0.5, 0.6) is 0 Å². The number of hydrogen-bond acceptors (Lipinski definition) is 6. The minimum Gasteiger partial charge on any atom is -0.476 e. The van der Waals surface area contributed by atoms with Crippen LogP contribution in [0.3, 0.4) is 0 Å². The van der Waals surface area contributed by atoms with Gasteiger partial charge in [-0.1, -0.05) is 6.07 Å². The summed E-state index contributed by atoms with van der Waals surface area (Å²) in [6, 6.07) is 6.57. The Kier molecular flexibility index (Phi) is 5.59. The molecule has 1 unspecified atom stereocenters. The summed E-state index contributed by atoms with van der Waals surface area (Å²) in [4.78, 5) is 39.1. The summed E-state index contributed by atoms with van der Waals surface area (Å²) in [5, 5.41) is 16.2. The molecule has 136 valence electrons. The average Bonchev–Trinajstić information content (AvgIpc) is 3.31. The van der Waals surface area contributed by atoms with Crippen molar-refractivity contribution in [1.29, 1.82) is 0 Å². The van der Waals surface area contributed by atoms with Crippen LogP contribution in [0.4, 0.5) is 5.69 Å². The van der Waals surface area contributed by atoms with E-state index in [0.29, 0.717) is 29.3 Å². The maximum absolute atomic E-state index is 12.3. The number of carboxylic acid groups (broad SMARTS) is 1. The van der Waals surface area contributed by atoms with Gasteiger partial charge in [0.05, 0.1) is 6.54 Å². The van der Waals surface area contributed by atoms with Crippen molar-refractivity contribution in [3.05, 3.63) is 45.9 Å². The number of ether oxygens (including phenoxy) is 1. The lowest BCUT2D eigenvalue weighted by Crippen LogP contribution is -2.27. The van der Waals surface area contributed by atoms with Crippen LogP contribution in [0, 0.1) is 0 Å². The normalized spacial score (nSPS) is 16.2. The summed E-state index contributed by atoms with van der Waals surface area (Å²) in [5.41, 5.74) is 0.851. The number of benzene rings is 1. The molecule has 3 N–H and O–H groups in total. The molecule has 1 aliphatic heterocycles. The Morgan fingerprint density at radius 1 is 1.35 bits per heavy atom. The maximum Gasteiger partial charge on any atom is 0.355 e. The van der Waals surface area contributed by atoms with E-state index in [1.165, 1.54) is 5.38 Å². The van der Waals surface area contributed by atoms with E-state index >= 15 is 0 Å². The predicted octanol–water partition coefficient (Wildman–Crippen LogP) is 1.89. The first kappa shape index (κ1) is 18.0. The van der Waals surface area contributed by atoms with E-state index in [9.17, 15) is 14.4 Å². The maximum atomic E-state index is 12.3. The Labute approximate surface area is 153 Å². The number of carbonyl (C=O) groups is 3. The molecule has 1 aromatic heterocycles. The Morgan fingerprint density at radius 3 is 2.88 bits per heavy atom. The molecule has 1 fully saturated rings. The van der Waals surface area contributed by atoms with Gasteiger partial charge in [0.25, 0.3) is 11.8 Å². The van der Waals surface area contributed by atoms with Crippen molar-refractivity contribution >= 4 is 34.8 Å². The van der Waals surface area contributed by atoms with Gasteiger partial charge in [0.2, 0.25) is 0 Å². The third kappa shape index (κ3) is 4.44. The van der Waals surface area contributed by atoms with Crippen molar-refractivity contribution < 1.29 is 24.2 Å². The molecule has 0 saturated carbocycles. The molecule has 2 amide bonds. The molecule has 1 saturated heterocycles. The lowest BCUT2D eigenvalue weighted by atomic mass is 10.1. The number of nitrogens with one attached hydrogen (secondary N) is 2. The van der Waals surface area contributed by atoms with Gasteiger partial charge in [-0.05, 0) is 31.0 Å². The molecule has 26 heavy (non-hydrogen) atoms. The summed E-state index contributed by atoms with van der Waals surface area (Å²) in [5.74, 6) is -1.66. The fourth-order valence-corrected chi connectivity index (χ4v) is 3.20. The van der Waals surface area contributed by atoms with Crippen LogP contribution in [0.2, 0.25) is 0 Å². The van der Waals surface area contributed by atoms with Crippen molar-refractivity contribution in [2.75, 3.05) is 11.9 Å². The second-order valence-corrected chi connectivity index (χ2v) is 6.63. The van der Waals surface area contributed by atoms with E-state index in [4.69, 9.17) is 9.84 Å². The topological polar surface area (TPSA) is 118 Å². The average molecular weight is 375 g/mol. The number of hydrogen-bond donors (Lipinski definition) is 3. The number of nitrogens with zero attached hydrogens (tertiary/aromatic N) is 1. The Hall–Kier alpha value is -2.78. The smallest absolute Gasteiger partial charge is 0.355 e. The largest absolute Gasteiger partial charge is 0.476 e. The second-order valence-electron chi connectivity index (χ2n) is 5.69. The van der Waals surface area contributed by atoms with E-state index in [0.717, 1.165) is 17.8 Å². The Bertz CT molecular complexity index is 829. The van der Waals surface area contributed by atoms with Crippen LogP contribution in [0.25, 0.3) is 0 Å². The molecule has 0 bridgehead atoms. The predicted molar refractivity (Wildman–Crippen MR) is 94.3 cm³/mol. The third-order valence-corrected chi connectivity index (χ3v) is 4.63. The molecule has 1 atom stereocenters. The lowest BCUT2D eigenvalue weighted by molar-refractivity contribution is -0.124. The SMILES string of the molecule is O=C(NCc1nc(C(=O)O)cs1)c1cccc(NC(=O)C2CCCO2)c1. The van der Waals surface area contributed by atoms with Gasteiger partial charge < -0.3 is 20.5 Å². The summed E-state index contributed by atoms with van der Waals surface area (Å²) in [6.45, 7) is 0.712. The molecule has 8 nitrogen and oxygen atoms in total. The van der Waals surface area contributed by atoms with E-state index in [1.54, 1.807) is 24.3 Å². The summed E-state index contributed by atoms with van der Waals surface area (Å²) >= 11 is 1.16. The van der Waals surface area contributed by atoms with E-state index in [1.807, 2.05) is 0 Å². The highest BCUT2D eigenvalue weighted by Gasteiger charge is 2.23. The van der Waals surface area contributed by atoms with E-state index < -0.39 is 12.1 Å². The standard InChI is InChI=1S/C17H17N3O5S/c21-15(18-8-14-20-12(9-26-14)17(23)24)10-3-1-4-11(7-10)19-16(22)13-5-2-6-25-13/h1,3-4,7,9,13H,2,5-6,8H2,(H,18,21)(H,19,22)(H,23,24). The minimum absolute atomic E-state index is 0.0434. The fraction of sp³-hybridized carbons (Fsp3) is 0.294. The Morgan fingerprint density at radius 2 is 2.19 bits per heavy atom. The van der Waals surface area contributed by atoms with Crippen LogP contribution in [-0.4, -0.2) is 40.6 Å². The number of amides is 2. The van der Waals surface area contributed by atoms with Crippen LogP contribution < -0.4 is 10.6 Å². The van der Waals surface area contributed by atoms with Gasteiger partial charge in [-0.25, -0.2) is 9.78 Å². The van der Waals surface area contributed by atoms with Gasteiger partial charge in [-0.3, -0.25) is 9.59 Å². The van der Waals surface area contributed by atoms with Crippen molar-refractivity contribution in [1.82, 2.24) is 10.3 Å². The quantitative estimate of drug-likeness (QED) is 0.710. The van der Waals surface area contributed by atoms with Crippen LogP contribution in [0.1, 0.15) is 38.7 Å². The highest BCUT2D eigenvalue weighted by molar-refractivity contribution is 7.09. The molecule has 0 radical (unpaired) electrons. The zero-order valence-electron chi connectivity index (χ0n) is 13.7. The third-order valence-electron chi connectivity index (χ3n) is 3.79. The van der Waals surface area contributed by atoms with Gasteiger partial charge in [-0.2, -0.15) is 0 Å². The minimum atomic E-state index is -1.10. The lowest BCUT2D eigenvalue weighted by Gasteiger charge is -2.11. The summed E-state index contributed by atoms with van der Waals surface area (Å²) in [6.07, 6.45) is 1.11. The monoisotopic (exact) mass is 375 g/mol. The zero-order chi connectivity index (χ0) is 18.5. The zero-order valence-corrected chi connectivity index (χ0v) is 14.5. The number of rotatable bonds is 6. The first-order chi connectivity index (χ1) is 12.5. The molecule has 9 heteroatoms. The van der Waals surface area contributed by atoms with E-state index in [2.05, 4.69) is 15.6 Å². The van der Waals surface area contributed by atoms with Crippen molar-refractivity contribution in [2.45, 2.75) is 25.5 Å². The van der Waals surface area contributed by atoms with Crippen LogP contribution in [-0.2, 0) is 16.1 Å².